The largest absolute Gasteiger partial charge is 0.389 e. The Kier molecular flexibility index (Phi) is 5.64. The highest BCUT2D eigenvalue weighted by molar-refractivity contribution is 5.32. The van der Waals surface area contributed by atoms with Gasteiger partial charge in [-0.1, -0.05) is 12.1 Å². The van der Waals surface area contributed by atoms with E-state index in [0.29, 0.717) is 25.3 Å². The van der Waals surface area contributed by atoms with E-state index in [-0.39, 0.29) is 0 Å². The van der Waals surface area contributed by atoms with Crippen LogP contribution in [0.25, 0.3) is 0 Å². The minimum absolute atomic E-state index is 0.336. The molecule has 0 aliphatic heterocycles. The van der Waals surface area contributed by atoms with Crippen molar-refractivity contribution in [3.05, 3.63) is 35.4 Å². The molecular formula is C13H18N2O2. The fraction of sp³-hybridized carbons (Fsp3) is 0.462. The molecule has 0 spiro atoms. The molecule has 0 aromatic heterocycles. The monoisotopic (exact) mass is 234 g/mol. The zero-order valence-corrected chi connectivity index (χ0v) is 10.3. The third kappa shape index (κ3) is 4.96. The average molecular weight is 234 g/mol. The van der Waals surface area contributed by atoms with Crippen molar-refractivity contribution in [2.75, 3.05) is 27.3 Å². The van der Waals surface area contributed by atoms with Gasteiger partial charge in [0.2, 0.25) is 0 Å². The summed E-state index contributed by atoms with van der Waals surface area (Å²) in [5.74, 6) is 0. The lowest BCUT2D eigenvalue weighted by Crippen LogP contribution is -2.31. The van der Waals surface area contributed by atoms with Crippen molar-refractivity contribution in [1.29, 1.82) is 5.26 Å². The molecule has 0 saturated carbocycles. The summed E-state index contributed by atoms with van der Waals surface area (Å²) in [5.41, 5.74) is 1.73. The molecule has 1 N–H and O–H groups in total. The number of nitriles is 1. The fourth-order valence-electron chi connectivity index (χ4n) is 1.72. The van der Waals surface area contributed by atoms with E-state index in [1.54, 1.807) is 13.2 Å². The van der Waals surface area contributed by atoms with E-state index in [2.05, 4.69) is 6.07 Å². The van der Waals surface area contributed by atoms with Crippen molar-refractivity contribution in [2.24, 2.45) is 0 Å². The van der Waals surface area contributed by atoms with E-state index in [1.165, 1.54) is 0 Å². The number of aliphatic hydroxyl groups is 1. The van der Waals surface area contributed by atoms with Gasteiger partial charge in [-0.15, -0.1) is 0 Å². The quantitative estimate of drug-likeness (QED) is 0.797. The summed E-state index contributed by atoms with van der Waals surface area (Å²) < 4.78 is 4.87. The number of likely N-dealkylation sites (N-methyl/N-ethyl adjacent to an activating group) is 1. The van der Waals surface area contributed by atoms with Gasteiger partial charge >= 0.3 is 0 Å². The van der Waals surface area contributed by atoms with Crippen molar-refractivity contribution in [3.8, 4) is 6.07 Å². The summed E-state index contributed by atoms with van der Waals surface area (Å²) in [5, 5.41) is 18.4. The SMILES string of the molecule is COCC(O)CN(C)Cc1cccc(C#N)c1. The van der Waals surface area contributed by atoms with Gasteiger partial charge in [-0.2, -0.15) is 5.26 Å². The maximum absolute atomic E-state index is 9.58. The van der Waals surface area contributed by atoms with Crippen LogP contribution in [0.1, 0.15) is 11.1 Å². The second kappa shape index (κ2) is 7.02. The number of rotatable bonds is 6. The van der Waals surface area contributed by atoms with E-state index in [0.717, 1.165) is 5.56 Å². The zero-order chi connectivity index (χ0) is 12.7. The summed E-state index contributed by atoms with van der Waals surface area (Å²) in [6, 6.07) is 9.60. The molecule has 0 aliphatic carbocycles. The van der Waals surface area contributed by atoms with E-state index in [4.69, 9.17) is 10.00 Å². The van der Waals surface area contributed by atoms with Gasteiger partial charge in [0.15, 0.2) is 0 Å². The van der Waals surface area contributed by atoms with Crippen LogP contribution in [-0.4, -0.2) is 43.4 Å². The van der Waals surface area contributed by atoms with Crippen LogP contribution in [0.5, 0.6) is 0 Å². The molecule has 17 heavy (non-hydrogen) atoms. The molecule has 4 heteroatoms. The van der Waals surface area contributed by atoms with Crippen molar-refractivity contribution >= 4 is 0 Å². The van der Waals surface area contributed by atoms with Crippen molar-refractivity contribution < 1.29 is 9.84 Å². The number of hydrogen-bond donors (Lipinski definition) is 1. The number of benzene rings is 1. The Morgan fingerprint density at radius 3 is 2.94 bits per heavy atom. The molecule has 4 nitrogen and oxygen atoms in total. The molecule has 0 saturated heterocycles. The summed E-state index contributed by atoms with van der Waals surface area (Å²) in [4.78, 5) is 2.00. The second-order valence-corrected chi connectivity index (χ2v) is 4.12. The van der Waals surface area contributed by atoms with Crippen molar-refractivity contribution in [2.45, 2.75) is 12.6 Å². The maximum atomic E-state index is 9.58. The Bertz CT molecular complexity index is 387. The molecule has 0 radical (unpaired) electrons. The number of nitrogens with zero attached hydrogens (tertiary/aromatic N) is 2. The highest BCUT2D eigenvalue weighted by Crippen LogP contribution is 2.07. The van der Waals surface area contributed by atoms with Gasteiger partial charge in [0, 0.05) is 20.2 Å². The molecule has 1 aromatic carbocycles. The van der Waals surface area contributed by atoms with E-state index >= 15 is 0 Å². The van der Waals surface area contributed by atoms with Gasteiger partial charge in [-0.3, -0.25) is 4.90 Å². The highest BCUT2D eigenvalue weighted by Gasteiger charge is 2.08. The Hall–Kier alpha value is -1.41. The number of aliphatic hydroxyl groups excluding tert-OH is 1. The first-order valence-corrected chi connectivity index (χ1v) is 5.50. The lowest BCUT2D eigenvalue weighted by atomic mass is 10.1. The first kappa shape index (κ1) is 13.7. The van der Waals surface area contributed by atoms with Crippen LogP contribution in [0.2, 0.25) is 0 Å². The maximum Gasteiger partial charge on any atom is 0.0991 e. The third-order valence-corrected chi connectivity index (χ3v) is 2.39. The number of ether oxygens (including phenoxy) is 1. The normalized spacial score (nSPS) is 12.4. The lowest BCUT2D eigenvalue weighted by Gasteiger charge is -2.20. The summed E-state index contributed by atoms with van der Waals surface area (Å²) >= 11 is 0. The molecule has 1 rings (SSSR count). The molecule has 0 aliphatic rings. The molecule has 1 aromatic rings. The second-order valence-electron chi connectivity index (χ2n) is 4.12. The Morgan fingerprint density at radius 2 is 2.29 bits per heavy atom. The molecule has 0 amide bonds. The minimum Gasteiger partial charge on any atom is -0.389 e. The van der Waals surface area contributed by atoms with Gasteiger partial charge in [-0.25, -0.2) is 0 Å². The van der Waals surface area contributed by atoms with Crippen LogP contribution in [0.4, 0.5) is 0 Å². The van der Waals surface area contributed by atoms with Gasteiger partial charge in [0.25, 0.3) is 0 Å². The van der Waals surface area contributed by atoms with Crippen LogP contribution in [0.3, 0.4) is 0 Å². The summed E-state index contributed by atoms with van der Waals surface area (Å²) in [6.07, 6.45) is -0.482. The molecule has 92 valence electrons. The van der Waals surface area contributed by atoms with Crippen LogP contribution >= 0.6 is 0 Å². The molecule has 1 atom stereocenters. The Labute approximate surface area is 102 Å². The minimum atomic E-state index is -0.482. The third-order valence-electron chi connectivity index (χ3n) is 2.39. The van der Waals surface area contributed by atoms with Gasteiger partial charge in [-0.05, 0) is 24.7 Å². The zero-order valence-electron chi connectivity index (χ0n) is 10.3. The topological polar surface area (TPSA) is 56.5 Å². The van der Waals surface area contributed by atoms with E-state index in [9.17, 15) is 5.11 Å². The van der Waals surface area contributed by atoms with Crippen LogP contribution < -0.4 is 0 Å². The summed E-state index contributed by atoms with van der Waals surface area (Å²) in [6.45, 7) is 1.59. The predicted molar refractivity (Wildman–Crippen MR) is 65.4 cm³/mol. The first-order chi connectivity index (χ1) is 8.15. The molecule has 1 unspecified atom stereocenters. The van der Waals surface area contributed by atoms with Crippen LogP contribution in [0.15, 0.2) is 24.3 Å². The lowest BCUT2D eigenvalue weighted by molar-refractivity contribution is 0.0419. The molecule has 0 fully saturated rings. The van der Waals surface area contributed by atoms with Gasteiger partial charge < -0.3 is 9.84 Å². The van der Waals surface area contributed by atoms with Crippen LogP contribution in [0, 0.1) is 11.3 Å². The summed E-state index contributed by atoms with van der Waals surface area (Å²) in [7, 11) is 3.50. The Morgan fingerprint density at radius 1 is 1.53 bits per heavy atom. The van der Waals surface area contributed by atoms with E-state index < -0.39 is 6.10 Å². The van der Waals surface area contributed by atoms with Gasteiger partial charge in [0.05, 0.1) is 24.3 Å². The smallest absolute Gasteiger partial charge is 0.0991 e. The Balaban J connectivity index is 2.50. The van der Waals surface area contributed by atoms with Gasteiger partial charge in [0.1, 0.15) is 0 Å². The highest BCUT2D eigenvalue weighted by atomic mass is 16.5. The standard InChI is InChI=1S/C13H18N2O2/c1-15(9-13(16)10-17-2)8-12-5-3-4-11(6-12)7-14/h3-6,13,16H,8-10H2,1-2H3. The van der Waals surface area contributed by atoms with Crippen molar-refractivity contribution in [1.82, 2.24) is 4.90 Å². The predicted octanol–water partition coefficient (Wildman–Crippen LogP) is 0.997. The fourth-order valence-corrected chi connectivity index (χ4v) is 1.72. The van der Waals surface area contributed by atoms with Crippen LogP contribution in [-0.2, 0) is 11.3 Å². The van der Waals surface area contributed by atoms with Crippen molar-refractivity contribution in [3.63, 3.8) is 0 Å². The molecule has 0 bridgehead atoms. The van der Waals surface area contributed by atoms with E-state index in [1.807, 2.05) is 30.1 Å². The number of hydrogen-bond acceptors (Lipinski definition) is 4. The molecule has 0 heterocycles. The average Bonchev–Trinajstić information content (AvgIpc) is 2.29. The first-order valence-electron chi connectivity index (χ1n) is 5.50. The number of methoxy groups -OCH3 is 1. The molecular weight excluding hydrogens is 216 g/mol.